The van der Waals surface area contributed by atoms with Crippen molar-refractivity contribution in [1.82, 2.24) is 15.1 Å². The third kappa shape index (κ3) is 6.89. The Kier molecular flexibility index (Phi) is 11.7. The predicted octanol–water partition coefficient (Wildman–Crippen LogP) is 2.74. The van der Waals surface area contributed by atoms with Gasteiger partial charge in [-0.1, -0.05) is 13.8 Å². The third-order valence-corrected chi connectivity index (χ3v) is 5.34. The number of hydrogen-bond donors (Lipinski definition) is 2. The van der Waals surface area contributed by atoms with Crippen molar-refractivity contribution in [2.45, 2.75) is 39.3 Å². The van der Waals surface area contributed by atoms with Gasteiger partial charge in [0.15, 0.2) is 5.96 Å². The number of hydrogen-bond acceptors (Lipinski definition) is 5. The predicted molar refractivity (Wildman–Crippen MR) is 129 cm³/mol. The summed E-state index contributed by atoms with van der Waals surface area (Å²) in [5.74, 6) is 2.18. The van der Waals surface area contributed by atoms with Gasteiger partial charge in [-0.2, -0.15) is 0 Å². The molecule has 2 N–H and O–H groups in total. The van der Waals surface area contributed by atoms with Crippen LogP contribution in [0.15, 0.2) is 23.2 Å². The number of methoxy groups -OCH3 is 2. The van der Waals surface area contributed by atoms with Crippen LogP contribution in [-0.4, -0.2) is 80.4 Å². The molecule has 1 heterocycles. The molecule has 0 aromatic heterocycles. The normalized spacial score (nSPS) is 17.8. The average molecular weight is 520 g/mol. The van der Waals surface area contributed by atoms with E-state index in [0.717, 1.165) is 45.1 Å². The van der Waals surface area contributed by atoms with Crippen LogP contribution in [0.25, 0.3) is 0 Å². The first-order chi connectivity index (χ1) is 13.6. The van der Waals surface area contributed by atoms with Gasteiger partial charge in [0.05, 0.1) is 20.8 Å². The molecule has 2 atom stereocenters. The van der Waals surface area contributed by atoms with Crippen molar-refractivity contribution in [3.8, 4) is 11.5 Å². The first-order valence-electron chi connectivity index (χ1n) is 10.2. The SMILES string of the molecule is CCNC(=NCC(O)c1cc(OC)ccc1OC)N1CCC(N(CC)CC)C1.I. The van der Waals surface area contributed by atoms with Crippen molar-refractivity contribution >= 4 is 29.9 Å². The van der Waals surface area contributed by atoms with Crippen LogP contribution in [-0.2, 0) is 0 Å². The first-order valence-corrected chi connectivity index (χ1v) is 10.2. The molecule has 1 aliphatic rings. The van der Waals surface area contributed by atoms with E-state index >= 15 is 0 Å². The van der Waals surface area contributed by atoms with Crippen LogP contribution in [0.5, 0.6) is 11.5 Å². The molecule has 0 spiro atoms. The fourth-order valence-corrected chi connectivity index (χ4v) is 3.77. The molecule has 0 bridgehead atoms. The van der Waals surface area contributed by atoms with Crippen molar-refractivity contribution < 1.29 is 14.6 Å². The van der Waals surface area contributed by atoms with Crippen LogP contribution < -0.4 is 14.8 Å². The summed E-state index contributed by atoms with van der Waals surface area (Å²) in [6.07, 6.45) is 0.373. The Labute approximate surface area is 192 Å². The van der Waals surface area contributed by atoms with Crippen LogP contribution in [0.1, 0.15) is 38.9 Å². The molecule has 1 aromatic rings. The van der Waals surface area contributed by atoms with E-state index in [4.69, 9.17) is 14.5 Å². The van der Waals surface area contributed by atoms with Gasteiger partial charge < -0.3 is 24.8 Å². The number of ether oxygens (including phenoxy) is 2. The molecule has 2 rings (SSSR count). The quantitative estimate of drug-likeness (QED) is 0.297. The van der Waals surface area contributed by atoms with Crippen LogP contribution in [0, 0.1) is 0 Å². The van der Waals surface area contributed by atoms with Gasteiger partial charge in [0.25, 0.3) is 0 Å². The van der Waals surface area contributed by atoms with Gasteiger partial charge in [-0.25, -0.2) is 0 Å². The molecule has 2 unspecified atom stereocenters. The highest BCUT2D eigenvalue weighted by Gasteiger charge is 2.28. The van der Waals surface area contributed by atoms with Crippen LogP contribution in [0.3, 0.4) is 0 Å². The minimum absolute atomic E-state index is 0. The van der Waals surface area contributed by atoms with E-state index in [9.17, 15) is 5.11 Å². The Bertz CT molecular complexity index is 640. The summed E-state index contributed by atoms with van der Waals surface area (Å²) in [5, 5.41) is 14.1. The fourth-order valence-electron chi connectivity index (χ4n) is 3.77. The lowest BCUT2D eigenvalue weighted by Crippen LogP contribution is -2.43. The lowest BCUT2D eigenvalue weighted by molar-refractivity contribution is 0.181. The van der Waals surface area contributed by atoms with Gasteiger partial charge in [0.2, 0.25) is 0 Å². The first kappa shape index (κ1) is 25.8. The van der Waals surface area contributed by atoms with Crippen LogP contribution in [0.4, 0.5) is 0 Å². The van der Waals surface area contributed by atoms with Gasteiger partial charge >= 0.3 is 0 Å². The maximum atomic E-state index is 10.7. The van der Waals surface area contributed by atoms with Crippen molar-refractivity contribution in [2.75, 3.05) is 53.5 Å². The van der Waals surface area contributed by atoms with Gasteiger partial charge in [-0.15, -0.1) is 24.0 Å². The number of halogens is 1. The molecule has 29 heavy (non-hydrogen) atoms. The summed E-state index contributed by atoms with van der Waals surface area (Å²) in [6, 6.07) is 5.99. The lowest BCUT2D eigenvalue weighted by atomic mass is 10.1. The molecule has 1 aliphatic heterocycles. The number of aliphatic hydroxyl groups excluding tert-OH is 1. The molecule has 1 aromatic carbocycles. The highest BCUT2D eigenvalue weighted by atomic mass is 127. The summed E-state index contributed by atoms with van der Waals surface area (Å²) < 4.78 is 10.7. The van der Waals surface area contributed by atoms with Crippen molar-refractivity contribution in [2.24, 2.45) is 4.99 Å². The minimum atomic E-state index is -0.764. The Morgan fingerprint density at radius 2 is 2.00 bits per heavy atom. The lowest BCUT2D eigenvalue weighted by Gasteiger charge is -2.27. The zero-order chi connectivity index (χ0) is 20.5. The molecule has 7 nitrogen and oxygen atoms in total. The summed E-state index contributed by atoms with van der Waals surface area (Å²) in [7, 11) is 3.21. The zero-order valence-corrected chi connectivity index (χ0v) is 20.7. The smallest absolute Gasteiger partial charge is 0.194 e. The van der Waals surface area contributed by atoms with Gasteiger partial charge in [0.1, 0.15) is 17.6 Å². The maximum Gasteiger partial charge on any atom is 0.194 e. The number of aliphatic imine (C=N–C) groups is 1. The summed E-state index contributed by atoms with van der Waals surface area (Å²) in [5.41, 5.74) is 0.684. The maximum absolute atomic E-state index is 10.7. The van der Waals surface area contributed by atoms with Crippen molar-refractivity contribution in [1.29, 1.82) is 0 Å². The standard InChI is InChI=1S/C21H36N4O3.HI/c1-6-22-21(25-12-11-16(15-25)24(7-2)8-3)23-14-19(26)18-13-17(27-4)9-10-20(18)28-5;/h9-10,13,16,19,26H,6-8,11-12,14-15H2,1-5H3,(H,22,23);1H. The molecule has 1 fully saturated rings. The Morgan fingerprint density at radius 3 is 2.59 bits per heavy atom. The molecule has 0 radical (unpaired) electrons. The highest BCUT2D eigenvalue weighted by Crippen LogP contribution is 2.29. The fraction of sp³-hybridized carbons (Fsp3) is 0.667. The second-order valence-corrected chi connectivity index (χ2v) is 6.93. The van der Waals surface area contributed by atoms with E-state index in [1.54, 1.807) is 26.4 Å². The van der Waals surface area contributed by atoms with Gasteiger partial charge in [0, 0.05) is 31.2 Å². The van der Waals surface area contributed by atoms with Crippen molar-refractivity contribution in [3.05, 3.63) is 23.8 Å². The number of nitrogens with zero attached hydrogens (tertiary/aromatic N) is 3. The molecule has 0 saturated carbocycles. The topological polar surface area (TPSA) is 69.6 Å². The Balaban J connectivity index is 0.00000420. The molecule has 0 amide bonds. The van der Waals surface area contributed by atoms with E-state index in [1.807, 2.05) is 6.07 Å². The average Bonchev–Trinajstić information content (AvgIpc) is 3.21. The van der Waals surface area contributed by atoms with Crippen LogP contribution >= 0.6 is 24.0 Å². The Hall–Kier alpha value is -1.26. The van der Waals surface area contributed by atoms with E-state index < -0.39 is 6.10 Å². The number of aliphatic hydroxyl groups is 1. The van der Waals surface area contributed by atoms with Crippen LogP contribution in [0.2, 0.25) is 0 Å². The second-order valence-electron chi connectivity index (χ2n) is 6.93. The molecular weight excluding hydrogens is 483 g/mol. The second kappa shape index (κ2) is 13.1. The van der Waals surface area contributed by atoms with E-state index in [0.29, 0.717) is 23.1 Å². The van der Waals surface area contributed by atoms with E-state index in [2.05, 4.69) is 35.9 Å². The largest absolute Gasteiger partial charge is 0.497 e. The molecule has 1 saturated heterocycles. The highest BCUT2D eigenvalue weighted by molar-refractivity contribution is 14.0. The number of rotatable bonds is 9. The third-order valence-electron chi connectivity index (χ3n) is 5.34. The van der Waals surface area contributed by atoms with Gasteiger partial charge in [-0.05, 0) is 44.6 Å². The summed E-state index contributed by atoms with van der Waals surface area (Å²) in [4.78, 5) is 9.51. The Morgan fingerprint density at radius 1 is 1.28 bits per heavy atom. The number of nitrogens with one attached hydrogen (secondary N) is 1. The number of guanidine groups is 1. The monoisotopic (exact) mass is 520 g/mol. The molecule has 166 valence electrons. The van der Waals surface area contributed by atoms with Gasteiger partial charge in [-0.3, -0.25) is 9.89 Å². The molecular formula is C21H37IN4O3. The number of benzene rings is 1. The molecule has 8 heteroatoms. The minimum Gasteiger partial charge on any atom is -0.497 e. The zero-order valence-electron chi connectivity index (χ0n) is 18.4. The number of likely N-dealkylation sites (tertiary alicyclic amines) is 1. The van der Waals surface area contributed by atoms with E-state index in [-0.39, 0.29) is 30.5 Å². The van der Waals surface area contributed by atoms with Crippen molar-refractivity contribution in [3.63, 3.8) is 0 Å². The number of likely N-dealkylation sites (N-methyl/N-ethyl adjacent to an activating group) is 1. The summed E-state index contributed by atoms with van der Waals surface area (Å²) in [6.45, 7) is 11.6. The van der Waals surface area contributed by atoms with E-state index in [1.165, 1.54) is 0 Å². The summed E-state index contributed by atoms with van der Waals surface area (Å²) >= 11 is 0. The molecule has 0 aliphatic carbocycles.